The molecule has 2 N–H and O–H groups in total. The van der Waals surface area contributed by atoms with Gasteiger partial charge in [0.15, 0.2) is 0 Å². The van der Waals surface area contributed by atoms with E-state index >= 15 is 0 Å². The smallest absolute Gasteiger partial charge is 0.293 e. The summed E-state index contributed by atoms with van der Waals surface area (Å²) in [5.41, 5.74) is 2.20. The van der Waals surface area contributed by atoms with E-state index in [9.17, 15) is 18.5 Å². The number of aromatic nitrogens is 1. The van der Waals surface area contributed by atoms with Crippen LogP contribution in [0.5, 0.6) is 0 Å². The van der Waals surface area contributed by atoms with Gasteiger partial charge >= 0.3 is 0 Å². The largest absolute Gasteiger partial charge is 0.379 e. The molecule has 0 unspecified atom stereocenters. The molecule has 0 spiro atoms. The number of para-hydroxylation sites is 1. The predicted molar refractivity (Wildman–Crippen MR) is 114 cm³/mol. The second-order valence-corrected chi connectivity index (χ2v) is 8.50. The number of fused-ring (bicyclic) bond motifs is 1. The SMILES string of the molecule is CCN(CC)S(=O)(=O)c1ccc(NCCc2c[nH]c3ccccc23)c([N+](=O)[O-])c1. The maximum atomic E-state index is 12.7. The zero-order valence-electron chi connectivity index (χ0n) is 16.4. The number of hydrogen-bond acceptors (Lipinski definition) is 5. The highest BCUT2D eigenvalue weighted by Gasteiger charge is 2.25. The van der Waals surface area contributed by atoms with Crippen molar-refractivity contribution >= 4 is 32.3 Å². The van der Waals surface area contributed by atoms with Gasteiger partial charge < -0.3 is 10.3 Å². The Hall–Kier alpha value is -2.91. The Balaban J connectivity index is 1.80. The Bertz CT molecular complexity index is 1120. The zero-order valence-corrected chi connectivity index (χ0v) is 17.2. The summed E-state index contributed by atoms with van der Waals surface area (Å²) in [5, 5.41) is 15.7. The molecule has 3 aromatic rings. The molecule has 0 saturated carbocycles. The average molecular weight is 417 g/mol. The van der Waals surface area contributed by atoms with Crippen LogP contribution in [0.15, 0.2) is 53.6 Å². The van der Waals surface area contributed by atoms with Gasteiger partial charge in [-0.1, -0.05) is 32.0 Å². The van der Waals surface area contributed by atoms with Crippen LogP contribution in [-0.4, -0.2) is 42.3 Å². The van der Waals surface area contributed by atoms with Crippen molar-refractivity contribution in [2.75, 3.05) is 25.0 Å². The topological polar surface area (TPSA) is 108 Å². The summed E-state index contributed by atoms with van der Waals surface area (Å²) < 4.78 is 26.6. The molecule has 8 nitrogen and oxygen atoms in total. The Labute approximate surface area is 169 Å². The van der Waals surface area contributed by atoms with Gasteiger partial charge in [0.2, 0.25) is 10.0 Å². The first-order valence-corrected chi connectivity index (χ1v) is 10.9. The number of anilines is 1. The molecule has 0 radical (unpaired) electrons. The van der Waals surface area contributed by atoms with E-state index in [2.05, 4.69) is 10.3 Å². The maximum Gasteiger partial charge on any atom is 0.293 e. The van der Waals surface area contributed by atoms with Crippen molar-refractivity contribution < 1.29 is 13.3 Å². The van der Waals surface area contributed by atoms with E-state index in [0.717, 1.165) is 22.5 Å². The monoisotopic (exact) mass is 416 g/mol. The second-order valence-electron chi connectivity index (χ2n) is 6.56. The van der Waals surface area contributed by atoms with E-state index in [1.54, 1.807) is 13.8 Å². The third-order valence-corrected chi connectivity index (χ3v) is 6.94. The highest BCUT2D eigenvalue weighted by atomic mass is 32.2. The summed E-state index contributed by atoms with van der Waals surface area (Å²) in [7, 11) is -3.76. The minimum Gasteiger partial charge on any atom is -0.379 e. The molecule has 2 aromatic carbocycles. The van der Waals surface area contributed by atoms with Gasteiger partial charge in [0.1, 0.15) is 5.69 Å². The van der Waals surface area contributed by atoms with Crippen molar-refractivity contribution in [1.82, 2.24) is 9.29 Å². The second kappa shape index (κ2) is 8.62. The van der Waals surface area contributed by atoms with Crippen LogP contribution >= 0.6 is 0 Å². The van der Waals surface area contributed by atoms with Crippen LogP contribution in [0.3, 0.4) is 0 Å². The summed E-state index contributed by atoms with van der Waals surface area (Å²) in [6, 6.07) is 11.9. The number of benzene rings is 2. The zero-order chi connectivity index (χ0) is 21.0. The molecule has 3 rings (SSSR count). The standard InChI is InChI=1S/C20H24N4O4S/c1-3-23(4-2)29(27,28)16-9-10-19(20(13-16)24(25)26)21-12-11-15-14-22-18-8-6-5-7-17(15)18/h5-10,13-14,21-22H,3-4,11-12H2,1-2H3. The third-order valence-electron chi connectivity index (χ3n) is 4.89. The molecular formula is C20H24N4O4S. The minimum absolute atomic E-state index is 0.0740. The van der Waals surface area contributed by atoms with Gasteiger partial charge in [-0.2, -0.15) is 4.31 Å². The first-order valence-electron chi connectivity index (χ1n) is 9.46. The highest BCUT2D eigenvalue weighted by Crippen LogP contribution is 2.29. The van der Waals surface area contributed by atoms with Gasteiger partial charge in [0, 0.05) is 42.8 Å². The Morgan fingerprint density at radius 1 is 1.14 bits per heavy atom. The van der Waals surface area contributed by atoms with Crippen LogP contribution in [0.4, 0.5) is 11.4 Å². The van der Waals surface area contributed by atoms with Gasteiger partial charge in [-0.25, -0.2) is 8.42 Å². The lowest BCUT2D eigenvalue weighted by molar-refractivity contribution is -0.384. The summed E-state index contributed by atoms with van der Waals surface area (Å²) in [6.45, 7) is 4.55. The van der Waals surface area contributed by atoms with Crippen LogP contribution in [0, 0.1) is 10.1 Å². The number of nitrogens with one attached hydrogen (secondary N) is 2. The predicted octanol–water partition coefficient (Wildman–Crippen LogP) is 3.76. The van der Waals surface area contributed by atoms with Crippen LogP contribution < -0.4 is 5.32 Å². The minimum atomic E-state index is -3.76. The van der Waals surface area contributed by atoms with Gasteiger partial charge in [-0.3, -0.25) is 10.1 Å². The number of nitro benzene ring substituents is 1. The summed E-state index contributed by atoms with van der Waals surface area (Å²) >= 11 is 0. The molecular weight excluding hydrogens is 392 g/mol. The molecule has 0 saturated heterocycles. The first-order chi connectivity index (χ1) is 13.9. The molecule has 0 aliphatic rings. The normalized spacial score (nSPS) is 11.8. The molecule has 29 heavy (non-hydrogen) atoms. The van der Waals surface area contributed by atoms with E-state index < -0.39 is 14.9 Å². The van der Waals surface area contributed by atoms with Crippen molar-refractivity contribution in [3.8, 4) is 0 Å². The van der Waals surface area contributed by atoms with Crippen LogP contribution in [0.25, 0.3) is 10.9 Å². The van der Waals surface area contributed by atoms with Crippen molar-refractivity contribution in [2.45, 2.75) is 25.2 Å². The van der Waals surface area contributed by atoms with Crippen molar-refractivity contribution in [1.29, 1.82) is 0 Å². The van der Waals surface area contributed by atoms with Crippen molar-refractivity contribution in [3.63, 3.8) is 0 Å². The number of rotatable bonds is 9. The number of nitrogens with zero attached hydrogens (tertiary/aromatic N) is 2. The summed E-state index contributed by atoms with van der Waals surface area (Å²) in [4.78, 5) is 14.1. The van der Waals surface area contributed by atoms with E-state index in [0.29, 0.717) is 31.7 Å². The molecule has 0 fully saturated rings. The van der Waals surface area contributed by atoms with E-state index in [1.807, 2.05) is 30.5 Å². The van der Waals surface area contributed by atoms with Crippen LogP contribution in [0.2, 0.25) is 0 Å². The lowest BCUT2D eigenvalue weighted by Crippen LogP contribution is -2.30. The molecule has 0 amide bonds. The number of H-pyrrole nitrogens is 1. The Morgan fingerprint density at radius 3 is 2.55 bits per heavy atom. The Kier molecular flexibility index (Phi) is 6.19. The highest BCUT2D eigenvalue weighted by molar-refractivity contribution is 7.89. The summed E-state index contributed by atoms with van der Waals surface area (Å²) in [6.07, 6.45) is 2.60. The van der Waals surface area contributed by atoms with Gasteiger partial charge in [0.25, 0.3) is 5.69 Å². The summed E-state index contributed by atoms with van der Waals surface area (Å²) in [5.74, 6) is 0. The maximum absolute atomic E-state index is 12.7. The Morgan fingerprint density at radius 2 is 1.86 bits per heavy atom. The number of sulfonamides is 1. The molecule has 1 heterocycles. The third kappa shape index (κ3) is 4.25. The lowest BCUT2D eigenvalue weighted by atomic mass is 10.1. The van der Waals surface area contributed by atoms with Crippen molar-refractivity contribution in [3.05, 3.63) is 64.3 Å². The van der Waals surface area contributed by atoms with Gasteiger partial charge in [0.05, 0.1) is 9.82 Å². The van der Waals surface area contributed by atoms with Crippen molar-refractivity contribution in [2.24, 2.45) is 0 Å². The molecule has 1 aromatic heterocycles. The van der Waals surface area contributed by atoms with Crippen LogP contribution in [0.1, 0.15) is 19.4 Å². The van der Waals surface area contributed by atoms with E-state index in [1.165, 1.54) is 16.4 Å². The van der Waals surface area contributed by atoms with Gasteiger partial charge in [-0.05, 0) is 30.2 Å². The van der Waals surface area contributed by atoms with E-state index in [4.69, 9.17) is 0 Å². The van der Waals surface area contributed by atoms with Gasteiger partial charge in [-0.15, -0.1) is 0 Å². The fraction of sp³-hybridized carbons (Fsp3) is 0.300. The molecule has 0 bridgehead atoms. The van der Waals surface area contributed by atoms with Crippen LogP contribution in [-0.2, 0) is 16.4 Å². The molecule has 0 aliphatic heterocycles. The first kappa shape index (κ1) is 20.8. The molecule has 9 heteroatoms. The van der Waals surface area contributed by atoms with E-state index in [-0.39, 0.29) is 10.6 Å². The fourth-order valence-electron chi connectivity index (χ4n) is 3.36. The fourth-order valence-corrected chi connectivity index (χ4v) is 4.83. The number of hydrogen-bond donors (Lipinski definition) is 2. The quantitative estimate of drug-likeness (QED) is 0.408. The molecule has 154 valence electrons. The number of aromatic amines is 1. The molecule has 0 aliphatic carbocycles. The number of nitro groups is 1. The molecule has 0 atom stereocenters. The average Bonchev–Trinajstić information content (AvgIpc) is 3.12. The lowest BCUT2D eigenvalue weighted by Gasteiger charge is -2.18.